The second-order valence-electron chi connectivity index (χ2n) is 7.78. The zero-order chi connectivity index (χ0) is 21.5. The van der Waals surface area contributed by atoms with Crippen LogP contribution in [0.1, 0.15) is 37.1 Å². The van der Waals surface area contributed by atoms with Gasteiger partial charge in [0.05, 0.1) is 23.7 Å². The summed E-state index contributed by atoms with van der Waals surface area (Å²) >= 11 is 1.35. The minimum Gasteiger partial charge on any atom is -0.341 e. The van der Waals surface area contributed by atoms with Crippen LogP contribution in [-0.4, -0.2) is 52.8 Å². The van der Waals surface area contributed by atoms with Gasteiger partial charge in [0.2, 0.25) is 11.8 Å². The molecule has 0 radical (unpaired) electrons. The largest absolute Gasteiger partial charge is 0.341 e. The lowest BCUT2D eigenvalue weighted by Crippen LogP contribution is -2.36. The maximum Gasteiger partial charge on any atom is 0.228 e. The molecule has 1 aromatic heterocycles. The van der Waals surface area contributed by atoms with Crippen molar-refractivity contribution in [2.24, 2.45) is 5.92 Å². The molecule has 7 nitrogen and oxygen atoms in total. The van der Waals surface area contributed by atoms with Crippen molar-refractivity contribution in [3.8, 4) is 6.07 Å². The first-order valence-corrected chi connectivity index (χ1v) is 11.1. The first-order valence-electron chi connectivity index (χ1n) is 10.2. The predicted octanol–water partition coefficient (Wildman–Crippen LogP) is 2.89. The highest BCUT2D eigenvalue weighted by Gasteiger charge is 2.20. The second-order valence-corrected chi connectivity index (χ2v) is 8.64. The van der Waals surface area contributed by atoms with Gasteiger partial charge < -0.3 is 10.2 Å². The standard InChI is InChI=1S/C22H27N5O2S/c1-16(2)21(29)25-22-24-19(15-30-22)12-20(28)27-9-3-8-26(10-11-27)14-18-6-4-17(13-23)5-7-18/h4-7,15-16H,3,8-12,14H2,1-2H3,(H,24,25,29). The minimum atomic E-state index is -0.108. The van der Waals surface area contributed by atoms with Gasteiger partial charge in [0.15, 0.2) is 5.13 Å². The summed E-state index contributed by atoms with van der Waals surface area (Å²) in [4.78, 5) is 33.2. The van der Waals surface area contributed by atoms with Crippen LogP contribution in [0.25, 0.3) is 0 Å². The van der Waals surface area contributed by atoms with E-state index in [-0.39, 0.29) is 24.2 Å². The van der Waals surface area contributed by atoms with Gasteiger partial charge in [-0.25, -0.2) is 4.98 Å². The van der Waals surface area contributed by atoms with Crippen molar-refractivity contribution in [2.45, 2.75) is 33.2 Å². The normalized spacial score (nSPS) is 14.9. The third kappa shape index (κ3) is 6.12. The van der Waals surface area contributed by atoms with Gasteiger partial charge in [-0.15, -0.1) is 11.3 Å². The molecule has 0 unspecified atom stereocenters. The van der Waals surface area contributed by atoms with E-state index < -0.39 is 0 Å². The van der Waals surface area contributed by atoms with Gasteiger partial charge in [0, 0.05) is 44.0 Å². The van der Waals surface area contributed by atoms with E-state index in [2.05, 4.69) is 21.3 Å². The van der Waals surface area contributed by atoms with E-state index in [0.717, 1.165) is 32.6 Å². The Morgan fingerprint density at radius 1 is 1.20 bits per heavy atom. The Morgan fingerprint density at radius 2 is 1.97 bits per heavy atom. The van der Waals surface area contributed by atoms with Crippen LogP contribution in [0, 0.1) is 17.2 Å². The molecular weight excluding hydrogens is 398 g/mol. The van der Waals surface area contributed by atoms with E-state index in [1.165, 1.54) is 16.9 Å². The Morgan fingerprint density at radius 3 is 2.67 bits per heavy atom. The molecular formula is C22H27N5O2S. The summed E-state index contributed by atoms with van der Waals surface area (Å²) in [7, 11) is 0. The predicted molar refractivity (Wildman–Crippen MR) is 117 cm³/mol. The van der Waals surface area contributed by atoms with Crippen molar-refractivity contribution in [2.75, 3.05) is 31.5 Å². The number of hydrogen-bond donors (Lipinski definition) is 1. The zero-order valence-corrected chi connectivity index (χ0v) is 18.2. The summed E-state index contributed by atoms with van der Waals surface area (Å²) in [5.74, 6) is -0.109. The van der Waals surface area contributed by atoms with E-state index in [0.29, 0.717) is 22.9 Å². The van der Waals surface area contributed by atoms with E-state index in [4.69, 9.17) is 5.26 Å². The monoisotopic (exact) mass is 425 g/mol. The highest BCUT2D eigenvalue weighted by molar-refractivity contribution is 7.13. The molecule has 0 saturated carbocycles. The van der Waals surface area contributed by atoms with Gasteiger partial charge in [0.25, 0.3) is 0 Å². The van der Waals surface area contributed by atoms with Crippen molar-refractivity contribution < 1.29 is 9.59 Å². The van der Waals surface area contributed by atoms with Crippen LogP contribution in [-0.2, 0) is 22.6 Å². The number of aromatic nitrogens is 1. The van der Waals surface area contributed by atoms with Gasteiger partial charge >= 0.3 is 0 Å². The molecule has 158 valence electrons. The fraction of sp³-hybridized carbons (Fsp3) is 0.455. The number of carbonyl (C=O) groups excluding carboxylic acids is 2. The fourth-order valence-corrected chi connectivity index (χ4v) is 4.00. The number of nitrogens with one attached hydrogen (secondary N) is 1. The van der Waals surface area contributed by atoms with Crippen LogP contribution in [0.5, 0.6) is 0 Å². The van der Waals surface area contributed by atoms with E-state index in [1.54, 1.807) is 0 Å². The highest BCUT2D eigenvalue weighted by atomic mass is 32.1. The smallest absolute Gasteiger partial charge is 0.228 e. The number of hydrogen-bond acceptors (Lipinski definition) is 6. The Bertz CT molecular complexity index is 916. The lowest BCUT2D eigenvalue weighted by Gasteiger charge is -2.22. The number of rotatable bonds is 6. The van der Waals surface area contributed by atoms with Gasteiger partial charge in [-0.1, -0.05) is 26.0 Å². The van der Waals surface area contributed by atoms with Crippen LogP contribution >= 0.6 is 11.3 Å². The van der Waals surface area contributed by atoms with Crippen molar-refractivity contribution >= 4 is 28.3 Å². The van der Waals surface area contributed by atoms with E-state index in [1.807, 2.05) is 48.4 Å². The highest BCUT2D eigenvalue weighted by Crippen LogP contribution is 2.18. The maximum atomic E-state index is 12.7. The number of thiazole rings is 1. The number of nitrogens with zero attached hydrogens (tertiary/aromatic N) is 4. The summed E-state index contributed by atoms with van der Waals surface area (Å²) in [6, 6.07) is 9.80. The number of nitriles is 1. The van der Waals surface area contributed by atoms with Crippen molar-refractivity contribution in [1.29, 1.82) is 5.26 Å². The van der Waals surface area contributed by atoms with Crippen molar-refractivity contribution in [3.05, 3.63) is 46.5 Å². The topological polar surface area (TPSA) is 89.3 Å². The molecule has 0 aliphatic carbocycles. The molecule has 3 rings (SSSR count). The summed E-state index contributed by atoms with van der Waals surface area (Å²) in [5, 5.41) is 14.1. The van der Waals surface area contributed by atoms with Crippen LogP contribution in [0.15, 0.2) is 29.6 Å². The van der Waals surface area contributed by atoms with Crippen molar-refractivity contribution in [1.82, 2.24) is 14.8 Å². The SMILES string of the molecule is CC(C)C(=O)Nc1nc(CC(=O)N2CCCN(Cc3ccc(C#N)cc3)CC2)cs1. The van der Waals surface area contributed by atoms with Crippen LogP contribution in [0.3, 0.4) is 0 Å². The minimum absolute atomic E-state index is 0.0715. The first-order chi connectivity index (χ1) is 14.4. The molecule has 0 bridgehead atoms. The Hall–Kier alpha value is -2.76. The Kier molecular flexibility index (Phi) is 7.55. The molecule has 2 aromatic rings. The molecule has 1 aliphatic heterocycles. The number of carbonyl (C=O) groups is 2. The van der Waals surface area contributed by atoms with Crippen LogP contribution < -0.4 is 5.32 Å². The molecule has 0 spiro atoms. The lowest BCUT2D eigenvalue weighted by molar-refractivity contribution is -0.130. The maximum absolute atomic E-state index is 12.7. The average Bonchev–Trinajstić information content (AvgIpc) is 3.03. The molecule has 1 saturated heterocycles. The zero-order valence-electron chi connectivity index (χ0n) is 17.4. The fourth-order valence-electron chi connectivity index (χ4n) is 3.28. The van der Waals surface area contributed by atoms with Crippen molar-refractivity contribution in [3.63, 3.8) is 0 Å². The molecule has 2 amide bonds. The molecule has 1 fully saturated rings. The summed E-state index contributed by atoms with van der Waals surface area (Å²) in [6.45, 7) is 7.66. The van der Waals surface area contributed by atoms with Crippen LogP contribution in [0.4, 0.5) is 5.13 Å². The number of amides is 2. The van der Waals surface area contributed by atoms with Gasteiger partial charge in [-0.3, -0.25) is 14.5 Å². The number of anilines is 1. The lowest BCUT2D eigenvalue weighted by atomic mass is 10.1. The summed E-state index contributed by atoms with van der Waals surface area (Å²) in [6.07, 6.45) is 1.18. The van der Waals surface area contributed by atoms with Gasteiger partial charge in [-0.05, 0) is 24.1 Å². The molecule has 2 heterocycles. The summed E-state index contributed by atoms with van der Waals surface area (Å²) < 4.78 is 0. The second kappa shape index (κ2) is 10.3. The molecule has 0 atom stereocenters. The summed E-state index contributed by atoms with van der Waals surface area (Å²) in [5.41, 5.74) is 2.54. The molecule has 8 heteroatoms. The molecule has 1 N–H and O–H groups in total. The number of benzene rings is 1. The third-order valence-electron chi connectivity index (χ3n) is 5.07. The molecule has 30 heavy (non-hydrogen) atoms. The molecule has 1 aromatic carbocycles. The van der Waals surface area contributed by atoms with Gasteiger partial charge in [-0.2, -0.15) is 5.26 Å². The first kappa shape index (κ1) is 21.9. The van der Waals surface area contributed by atoms with E-state index >= 15 is 0 Å². The Labute approximate surface area is 181 Å². The van der Waals surface area contributed by atoms with Crippen LogP contribution in [0.2, 0.25) is 0 Å². The molecule has 1 aliphatic rings. The third-order valence-corrected chi connectivity index (χ3v) is 5.88. The Balaban J connectivity index is 1.50. The van der Waals surface area contributed by atoms with E-state index in [9.17, 15) is 9.59 Å². The average molecular weight is 426 g/mol. The van der Waals surface area contributed by atoms with Gasteiger partial charge in [0.1, 0.15) is 0 Å². The quantitative estimate of drug-likeness (QED) is 0.769.